The van der Waals surface area contributed by atoms with Crippen LogP contribution in [0.15, 0.2) is 123 Å². The van der Waals surface area contributed by atoms with Gasteiger partial charge in [-0.2, -0.15) is 5.10 Å². The smallest absolute Gasteiger partial charge is 0.279 e. The number of para-hydroxylation sites is 2. The van der Waals surface area contributed by atoms with E-state index in [0.717, 1.165) is 44.7 Å². The number of rotatable bonds is 5. The first-order valence-electron chi connectivity index (χ1n) is 13.4. The maximum Gasteiger partial charge on any atom is 0.279 e. The van der Waals surface area contributed by atoms with Crippen LogP contribution in [0.1, 0.15) is 22.3 Å². The molecule has 2 aromatic heterocycles. The second-order valence-electron chi connectivity index (χ2n) is 10.1. The van der Waals surface area contributed by atoms with Gasteiger partial charge in [0, 0.05) is 16.3 Å². The number of anilines is 1. The molecule has 0 fully saturated rings. The van der Waals surface area contributed by atoms with Gasteiger partial charge in [0.1, 0.15) is 11.3 Å². The van der Waals surface area contributed by atoms with Crippen molar-refractivity contribution in [3.05, 3.63) is 136 Å². The standard InChI is InChI=1S/C34H26N4O2S/c1-22-16-17-27(23(2)18-22)35-34-38(29(21-41-34)31-19-25-12-6-9-15-30(25)40-31)36-32-26-13-7-8-14-28(26)37(33(32)39)20-24-10-4-3-5-11-24/h3-19,21H,20H2,1-2H3/b35-34?,36-32+. The van der Waals surface area contributed by atoms with Crippen LogP contribution in [-0.4, -0.2) is 16.3 Å². The van der Waals surface area contributed by atoms with Crippen LogP contribution in [0.5, 0.6) is 0 Å². The van der Waals surface area contributed by atoms with E-state index < -0.39 is 0 Å². The molecule has 7 rings (SSSR count). The van der Waals surface area contributed by atoms with E-state index in [1.165, 1.54) is 16.9 Å². The molecule has 200 valence electrons. The van der Waals surface area contributed by atoms with Gasteiger partial charge < -0.3 is 9.32 Å². The quantitative estimate of drug-likeness (QED) is 0.220. The van der Waals surface area contributed by atoms with E-state index in [-0.39, 0.29) is 5.91 Å². The summed E-state index contributed by atoms with van der Waals surface area (Å²) in [6.07, 6.45) is 0. The Labute approximate surface area is 241 Å². The summed E-state index contributed by atoms with van der Waals surface area (Å²) in [5.41, 5.74) is 7.67. The summed E-state index contributed by atoms with van der Waals surface area (Å²) >= 11 is 1.46. The SMILES string of the molecule is Cc1ccc(N=c2scc(-c3cc4ccccc4o3)n2/N=C2/C(=O)N(Cc3ccccc3)c3ccccc32)c(C)c1. The molecule has 1 amide bonds. The van der Waals surface area contributed by atoms with E-state index in [2.05, 4.69) is 13.0 Å². The lowest BCUT2D eigenvalue weighted by Gasteiger charge is -2.16. The first-order valence-corrected chi connectivity index (χ1v) is 14.3. The Balaban J connectivity index is 1.42. The van der Waals surface area contributed by atoms with Crippen LogP contribution in [0, 0.1) is 13.8 Å². The Morgan fingerprint density at radius 3 is 2.46 bits per heavy atom. The van der Waals surface area contributed by atoms with Gasteiger partial charge >= 0.3 is 0 Å². The molecular formula is C34H26N4O2S. The number of hydrogen-bond donors (Lipinski definition) is 0. The third-order valence-corrected chi connectivity index (χ3v) is 8.03. The average molecular weight is 555 g/mol. The van der Waals surface area contributed by atoms with Crippen molar-refractivity contribution >= 4 is 45.3 Å². The molecule has 0 unspecified atom stereocenters. The van der Waals surface area contributed by atoms with Crippen molar-refractivity contribution in [3.8, 4) is 11.5 Å². The molecule has 0 radical (unpaired) electrons. The minimum absolute atomic E-state index is 0.151. The van der Waals surface area contributed by atoms with Crippen LogP contribution in [0.4, 0.5) is 11.4 Å². The Bertz CT molecular complexity index is 2000. The highest BCUT2D eigenvalue weighted by Crippen LogP contribution is 2.33. The summed E-state index contributed by atoms with van der Waals surface area (Å²) in [5.74, 6) is 0.510. The van der Waals surface area contributed by atoms with Crippen LogP contribution in [0.25, 0.3) is 22.4 Å². The Hall–Kier alpha value is -5.01. The number of thiazole rings is 1. The molecule has 6 aromatic rings. The molecule has 0 saturated carbocycles. The maximum absolute atomic E-state index is 14.0. The van der Waals surface area contributed by atoms with E-state index in [1.54, 1.807) is 9.58 Å². The van der Waals surface area contributed by atoms with Gasteiger partial charge in [0.2, 0.25) is 4.80 Å². The topological polar surface area (TPSA) is 63.1 Å². The first-order chi connectivity index (χ1) is 20.0. The lowest BCUT2D eigenvalue weighted by molar-refractivity contribution is -0.112. The van der Waals surface area contributed by atoms with Crippen LogP contribution < -0.4 is 9.70 Å². The van der Waals surface area contributed by atoms with Crippen molar-refractivity contribution in [2.24, 2.45) is 10.1 Å². The van der Waals surface area contributed by atoms with Gasteiger partial charge in [0.25, 0.3) is 5.91 Å². The highest BCUT2D eigenvalue weighted by Gasteiger charge is 2.34. The minimum Gasteiger partial charge on any atom is -0.454 e. The summed E-state index contributed by atoms with van der Waals surface area (Å²) < 4.78 is 7.99. The zero-order valence-corrected chi connectivity index (χ0v) is 23.4. The molecular weight excluding hydrogens is 528 g/mol. The largest absolute Gasteiger partial charge is 0.454 e. The Kier molecular flexibility index (Phi) is 6.21. The molecule has 3 heterocycles. The fourth-order valence-corrected chi connectivity index (χ4v) is 5.99. The normalized spacial score (nSPS) is 14.4. The second-order valence-corrected chi connectivity index (χ2v) is 10.9. The van der Waals surface area contributed by atoms with Gasteiger partial charge in [-0.05, 0) is 49.2 Å². The van der Waals surface area contributed by atoms with Crippen molar-refractivity contribution in [1.82, 2.24) is 4.68 Å². The van der Waals surface area contributed by atoms with Crippen LogP contribution in [-0.2, 0) is 11.3 Å². The number of hydrogen-bond acceptors (Lipinski definition) is 5. The van der Waals surface area contributed by atoms with Crippen LogP contribution >= 0.6 is 11.3 Å². The van der Waals surface area contributed by atoms with E-state index in [9.17, 15) is 4.79 Å². The Morgan fingerprint density at radius 2 is 1.63 bits per heavy atom. The van der Waals surface area contributed by atoms with E-state index in [4.69, 9.17) is 14.5 Å². The lowest BCUT2D eigenvalue weighted by Crippen LogP contribution is -2.30. The summed E-state index contributed by atoms with van der Waals surface area (Å²) in [6, 6.07) is 33.9. The van der Waals surface area contributed by atoms with Gasteiger partial charge in [-0.25, -0.2) is 9.67 Å². The fourth-order valence-electron chi connectivity index (χ4n) is 5.17. The zero-order valence-electron chi connectivity index (χ0n) is 22.6. The number of aromatic nitrogens is 1. The van der Waals surface area contributed by atoms with Crippen molar-refractivity contribution in [1.29, 1.82) is 0 Å². The predicted molar refractivity (Wildman–Crippen MR) is 165 cm³/mol. The van der Waals surface area contributed by atoms with Crippen molar-refractivity contribution in [2.75, 3.05) is 4.90 Å². The van der Waals surface area contributed by atoms with E-state index in [0.29, 0.717) is 22.8 Å². The number of aryl methyl sites for hydroxylation is 2. The summed E-state index contributed by atoms with van der Waals surface area (Å²) in [6.45, 7) is 4.58. The number of furan rings is 1. The molecule has 0 atom stereocenters. The van der Waals surface area contributed by atoms with Crippen molar-refractivity contribution < 1.29 is 9.21 Å². The fraction of sp³-hybridized carbons (Fsp3) is 0.0882. The zero-order chi connectivity index (χ0) is 27.9. The third kappa shape index (κ3) is 4.60. The molecule has 0 aliphatic carbocycles. The van der Waals surface area contributed by atoms with E-state index >= 15 is 0 Å². The number of fused-ring (bicyclic) bond motifs is 2. The van der Waals surface area contributed by atoms with Gasteiger partial charge in [-0.3, -0.25) is 4.79 Å². The second kappa shape index (κ2) is 10.2. The van der Waals surface area contributed by atoms with Crippen molar-refractivity contribution in [3.63, 3.8) is 0 Å². The highest BCUT2D eigenvalue weighted by atomic mass is 32.1. The average Bonchev–Trinajstić information content (AvgIpc) is 3.66. The van der Waals surface area contributed by atoms with Gasteiger partial charge in [0.15, 0.2) is 11.5 Å². The van der Waals surface area contributed by atoms with E-state index in [1.807, 2.05) is 109 Å². The predicted octanol–water partition coefficient (Wildman–Crippen LogP) is 7.61. The minimum atomic E-state index is -0.151. The maximum atomic E-state index is 14.0. The number of amides is 1. The molecule has 0 spiro atoms. The molecule has 1 aliphatic rings. The molecule has 0 saturated heterocycles. The molecule has 1 aliphatic heterocycles. The molecule has 41 heavy (non-hydrogen) atoms. The molecule has 0 N–H and O–H groups in total. The molecule has 0 bridgehead atoms. The highest BCUT2D eigenvalue weighted by molar-refractivity contribution is 7.07. The Morgan fingerprint density at radius 1 is 0.854 bits per heavy atom. The number of benzene rings is 4. The molecule has 7 heteroatoms. The summed E-state index contributed by atoms with van der Waals surface area (Å²) in [5, 5.41) is 8.00. The monoisotopic (exact) mass is 554 g/mol. The lowest BCUT2D eigenvalue weighted by atomic mass is 10.1. The van der Waals surface area contributed by atoms with Gasteiger partial charge in [-0.1, -0.05) is 84.4 Å². The third-order valence-electron chi connectivity index (χ3n) is 7.21. The van der Waals surface area contributed by atoms with Gasteiger partial charge in [0.05, 0.1) is 17.9 Å². The number of carbonyl (C=O) groups is 1. The number of carbonyl (C=O) groups excluding carboxylic acids is 1. The molecule has 4 aromatic carbocycles. The number of nitrogens with zero attached hydrogens (tertiary/aromatic N) is 4. The summed E-state index contributed by atoms with van der Waals surface area (Å²) in [7, 11) is 0. The van der Waals surface area contributed by atoms with Crippen LogP contribution in [0.2, 0.25) is 0 Å². The molecule has 6 nitrogen and oxygen atoms in total. The summed E-state index contributed by atoms with van der Waals surface area (Å²) in [4.78, 5) is 21.4. The van der Waals surface area contributed by atoms with Gasteiger partial charge in [-0.15, -0.1) is 11.3 Å². The van der Waals surface area contributed by atoms with Crippen LogP contribution in [0.3, 0.4) is 0 Å². The first kappa shape index (κ1) is 25.0. The van der Waals surface area contributed by atoms with Crippen molar-refractivity contribution in [2.45, 2.75) is 20.4 Å².